The lowest BCUT2D eigenvalue weighted by atomic mass is 9.86. The van der Waals surface area contributed by atoms with Crippen molar-refractivity contribution in [3.8, 4) is 0 Å². The number of carbonyl (C=O) groups is 1. The van der Waals surface area contributed by atoms with E-state index < -0.39 is 0 Å². The van der Waals surface area contributed by atoms with E-state index in [2.05, 4.69) is 52.3 Å². The second-order valence-corrected chi connectivity index (χ2v) is 7.92. The molecule has 1 aromatic heterocycles. The number of anilines is 2. The number of hydrogen-bond donors (Lipinski definition) is 2. The molecular weight excluding hydrogens is 354 g/mol. The van der Waals surface area contributed by atoms with Crippen LogP contribution in [0, 0.1) is 0 Å². The molecule has 1 fully saturated rings. The molecule has 150 valence electrons. The lowest BCUT2D eigenvalue weighted by Gasteiger charge is -2.26. The van der Waals surface area contributed by atoms with E-state index in [1.165, 1.54) is 11.8 Å². The third kappa shape index (κ3) is 5.50. The minimum absolute atomic E-state index is 0.0112. The maximum Gasteiger partial charge on any atom is 0.271 e. The van der Waals surface area contributed by atoms with E-state index in [4.69, 9.17) is 4.74 Å². The number of hydrogen-bond acceptors (Lipinski definition) is 6. The Morgan fingerprint density at radius 3 is 2.57 bits per heavy atom. The van der Waals surface area contributed by atoms with E-state index in [9.17, 15) is 4.79 Å². The van der Waals surface area contributed by atoms with Crippen LogP contribution < -0.4 is 10.6 Å². The van der Waals surface area contributed by atoms with E-state index in [0.29, 0.717) is 18.1 Å². The average Bonchev–Trinajstić information content (AvgIpc) is 2.69. The van der Waals surface area contributed by atoms with Gasteiger partial charge < -0.3 is 15.4 Å². The number of nitrogens with one attached hydrogen (secondary N) is 2. The largest absolute Gasteiger partial charge is 0.379 e. The Morgan fingerprint density at radius 1 is 1.14 bits per heavy atom. The van der Waals surface area contributed by atoms with Gasteiger partial charge in [-0.15, -0.1) is 0 Å². The number of carbonyl (C=O) groups excluding carboxylic acids is 1. The van der Waals surface area contributed by atoms with Crippen molar-refractivity contribution >= 4 is 17.4 Å². The topological polar surface area (TPSA) is 79.4 Å². The third-order valence-electron chi connectivity index (χ3n) is 4.70. The number of nitrogens with zero attached hydrogens (tertiary/aromatic N) is 3. The lowest BCUT2D eigenvalue weighted by molar-refractivity contribution is 0.0383. The molecule has 28 heavy (non-hydrogen) atoms. The van der Waals surface area contributed by atoms with Gasteiger partial charge >= 0.3 is 0 Å². The molecule has 0 aliphatic carbocycles. The van der Waals surface area contributed by atoms with Gasteiger partial charge in [-0.2, -0.15) is 0 Å². The van der Waals surface area contributed by atoms with Crippen molar-refractivity contribution in [3.05, 3.63) is 47.9 Å². The summed E-state index contributed by atoms with van der Waals surface area (Å²) in [4.78, 5) is 23.2. The van der Waals surface area contributed by atoms with Crippen molar-refractivity contribution in [1.82, 2.24) is 20.2 Å². The van der Waals surface area contributed by atoms with Crippen LogP contribution >= 0.6 is 0 Å². The van der Waals surface area contributed by atoms with Crippen molar-refractivity contribution in [2.75, 3.05) is 44.7 Å². The standard InChI is InChI=1S/C21H29N5O2/c1-21(2,3)16-6-4-5-7-17(16)25-19-15-23-18(14-24-19)20(27)22-8-9-26-10-12-28-13-11-26/h4-7,14-15H,8-13H2,1-3H3,(H,22,27)(H,24,25). The summed E-state index contributed by atoms with van der Waals surface area (Å²) in [6, 6.07) is 8.14. The molecule has 0 bridgehead atoms. The molecule has 0 saturated carbocycles. The number of rotatable bonds is 6. The van der Waals surface area contributed by atoms with Gasteiger partial charge in [-0.3, -0.25) is 9.69 Å². The fourth-order valence-corrected chi connectivity index (χ4v) is 3.14. The van der Waals surface area contributed by atoms with Crippen molar-refractivity contribution in [2.45, 2.75) is 26.2 Å². The van der Waals surface area contributed by atoms with E-state index >= 15 is 0 Å². The summed E-state index contributed by atoms with van der Waals surface area (Å²) < 4.78 is 5.32. The predicted octanol–water partition coefficient (Wildman–Crippen LogP) is 2.58. The summed E-state index contributed by atoms with van der Waals surface area (Å²) in [7, 11) is 0. The first-order valence-corrected chi connectivity index (χ1v) is 9.70. The van der Waals surface area contributed by atoms with E-state index in [-0.39, 0.29) is 11.3 Å². The van der Waals surface area contributed by atoms with Gasteiger partial charge in [0.15, 0.2) is 0 Å². The molecule has 0 atom stereocenters. The Balaban J connectivity index is 1.55. The van der Waals surface area contributed by atoms with Gasteiger partial charge in [0.1, 0.15) is 11.5 Å². The number of aromatic nitrogens is 2. The zero-order valence-electron chi connectivity index (χ0n) is 16.9. The molecule has 7 heteroatoms. The number of benzene rings is 1. The molecule has 1 aromatic carbocycles. The molecule has 1 aliphatic rings. The number of morpholine rings is 1. The molecule has 1 amide bonds. The minimum Gasteiger partial charge on any atom is -0.379 e. The zero-order valence-corrected chi connectivity index (χ0v) is 16.9. The van der Waals surface area contributed by atoms with Crippen molar-refractivity contribution in [2.24, 2.45) is 0 Å². The molecule has 2 N–H and O–H groups in total. The van der Waals surface area contributed by atoms with Crippen LogP contribution in [0.3, 0.4) is 0 Å². The van der Waals surface area contributed by atoms with Crippen LogP contribution in [0.5, 0.6) is 0 Å². The van der Waals surface area contributed by atoms with Gasteiger partial charge in [-0.05, 0) is 17.0 Å². The summed E-state index contributed by atoms with van der Waals surface area (Å²) in [6.07, 6.45) is 3.10. The highest BCUT2D eigenvalue weighted by molar-refractivity contribution is 5.92. The van der Waals surface area contributed by atoms with Crippen LogP contribution in [-0.2, 0) is 10.2 Å². The Bertz CT molecular complexity index is 780. The highest BCUT2D eigenvalue weighted by Crippen LogP contribution is 2.30. The Morgan fingerprint density at radius 2 is 1.89 bits per heavy atom. The van der Waals surface area contributed by atoms with Crippen molar-refractivity contribution < 1.29 is 9.53 Å². The van der Waals surface area contributed by atoms with Crippen LogP contribution in [0.25, 0.3) is 0 Å². The van der Waals surface area contributed by atoms with Gasteiger partial charge in [-0.25, -0.2) is 9.97 Å². The molecule has 1 saturated heterocycles. The fraction of sp³-hybridized carbons (Fsp3) is 0.476. The van der Waals surface area contributed by atoms with Gasteiger partial charge in [0.25, 0.3) is 5.91 Å². The monoisotopic (exact) mass is 383 g/mol. The number of ether oxygens (including phenoxy) is 1. The summed E-state index contributed by atoms with van der Waals surface area (Å²) in [5.41, 5.74) is 2.52. The summed E-state index contributed by atoms with van der Waals surface area (Å²) >= 11 is 0. The second-order valence-electron chi connectivity index (χ2n) is 7.92. The third-order valence-corrected chi connectivity index (χ3v) is 4.70. The molecule has 0 radical (unpaired) electrons. The first kappa shape index (κ1) is 20.2. The minimum atomic E-state index is -0.206. The molecule has 3 rings (SSSR count). The van der Waals surface area contributed by atoms with Crippen LogP contribution in [0.15, 0.2) is 36.7 Å². The average molecular weight is 383 g/mol. The van der Waals surface area contributed by atoms with Gasteiger partial charge in [0, 0.05) is 31.9 Å². The van der Waals surface area contributed by atoms with Crippen molar-refractivity contribution in [1.29, 1.82) is 0 Å². The lowest BCUT2D eigenvalue weighted by Crippen LogP contribution is -2.41. The molecule has 0 unspecified atom stereocenters. The van der Waals surface area contributed by atoms with Crippen LogP contribution in [-0.4, -0.2) is 60.2 Å². The predicted molar refractivity (Wildman–Crippen MR) is 110 cm³/mol. The highest BCUT2D eigenvalue weighted by Gasteiger charge is 2.18. The van der Waals surface area contributed by atoms with Crippen LogP contribution in [0.1, 0.15) is 36.8 Å². The molecule has 0 spiro atoms. The fourth-order valence-electron chi connectivity index (χ4n) is 3.14. The van der Waals surface area contributed by atoms with E-state index in [1.54, 1.807) is 6.20 Å². The Hall–Kier alpha value is -2.51. The molecule has 1 aliphatic heterocycles. The summed E-state index contributed by atoms with van der Waals surface area (Å²) in [5.74, 6) is 0.406. The zero-order chi connectivity index (χ0) is 20.0. The number of para-hydroxylation sites is 1. The quantitative estimate of drug-likeness (QED) is 0.798. The van der Waals surface area contributed by atoms with Gasteiger partial charge in [0.05, 0.1) is 25.6 Å². The summed E-state index contributed by atoms with van der Waals surface area (Å²) in [5, 5.41) is 6.21. The number of amides is 1. The van der Waals surface area contributed by atoms with Gasteiger partial charge in [-0.1, -0.05) is 39.0 Å². The SMILES string of the molecule is CC(C)(C)c1ccccc1Nc1cnc(C(=O)NCCN2CCOCC2)cn1. The Kier molecular flexibility index (Phi) is 6.59. The van der Waals surface area contributed by atoms with E-state index in [0.717, 1.165) is 38.5 Å². The molecule has 7 nitrogen and oxygen atoms in total. The van der Waals surface area contributed by atoms with Crippen LogP contribution in [0.2, 0.25) is 0 Å². The highest BCUT2D eigenvalue weighted by atomic mass is 16.5. The molecule has 2 heterocycles. The summed E-state index contributed by atoms with van der Waals surface area (Å²) in [6.45, 7) is 11.2. The second kappa shape index (κ2) is 9.12. The van der Waals surface area contributed by atoms with Crippen LogP contribution in [0.4, 0.5) is 11.5 Å². The van der Waals surface area contributed by atoms with Crippen molar-refractivity contribution in [3.63, 3.8) is 0 Å². The molecular formula is C21H29N5O2. The normalized spacial score (nSPS) is 15.2. The smallest absolute Gasteiger partial charge is 0.271 e. The van der Waals surface area contributed by atoms with Gasteiger partial charge in [0.2, 0.25) is 0 Å². The maximum absolute atomic E-state index is 12.3. The van der Waals surface area contributed by atoms with E-state index in [1.807, 2.05) is 18.2 Å². The Labute approximate surface area is 166 Å². The maximum atomic E-state index is 12.3. The first-order chi connectivity index (χ1) is 13.4. The first-order valence-electron chi connectivity index (χ1n) is 9.70. The molecule has 2 aromatic rings.